The van der Waals surface area contributed by atoms with Crippen LogP contribution in [0.3, 0.4) is 0 Å². The predicted molar refractivity (Wildman–Crippen MR) is 81.8 cm³/mol. The lowest BCUT2D eigenvalue weighted by Crippen LogP contribution is -2.39. The summed E-state index contributed by atoms with van der Waals surface area (Å²) in [5, 5.41) is 5.15. The van der Waals surface area contributed by atoms with Crippen molar-refractivity contribution in [2.75, 3.05) is 0 Å². The average Bonchev–Trinajstić information content (AvgIpc) is 2.78. The van der Waals surface area contributed by atoms with E-state index >= 15 is 0 Å². The number of hydrogen-bond donors (Lipinski definition) is 1. The lowest BCUT2D eigenvalue weighted by atomic mass is 10.1. The van der Waals surface area contributed by atoms with E-state index in [2.05, 4.69) is 0 Å². The highest BCUT2D eigenvalue weighted by Gasteiger charge is 2.34. The van der Waals surface area contributed by atoms with Gasteiger partial charge >= 0.3 is 0 Å². The minimum absolute atomic E-state index is 0.0237. The summed E-state index contributed by atoms with van der Waals surface area (Å²) < 4.78 is 23.0. The van der Waals surface area contributed by atoms with E-state index in [1.165, 1.54) is 18.2 Å². The van der Waals surface area contributed by atoms with E-state index in [1.54, 1.807) is 0 Å². The summed E-state index contributed by atoms with van der Waals surface area (Å²) in [6, 6.07) is 4.54. The van der Waals surface area contributed by atoms with E-state index in [9.17, 15) is 13.2 Å². The third kappa shape index (κ3) is 3.22. The van der Waals surface area contributed by atoms with Gasteiger partial charge in [-0.1, -0.05) is 18.5 Å². The molecule has 1 aliphatic rings. The van der Waals surface area contributed by atoms with Gasteiger partial charge in [-0.05, 0) is 44.4 Å². The predicted octanol–water partition coefficient (Wildman–Crippen LogP) is 2.39. The van der Waals surface area contributed by atoms with Crippen molar-refractivity contribution in [3.63, 3.8) is 0 Å². The van der Waals surface area contributed by atoms with Gasteiger partial charge in [0.05, 0.1) is 5.02 Å². The van der Waals surface area contributed by atoms with Gasteiger partial charge in [0.2, 0.25) is 10.0 Å². The van der Waals surface area contributed by atoms with Crippen molar-refractivity contribution in [2.24, 2.45) is 5.14 Å². The minimum atomic E-state index is -3.95. The topological polar surface area (TPSA) is 80.5 Å². The van der Waals surface area contributed by atoms with Crippen LogP contribution in [0.5, 0.6) is 0 Å². The zero-order valence-corrected chi connectivity index (χ0v) is 13.6. The summed E-state index contributed by atoms with van der Waals surface area (Å²) in [5.41, 5.74) is 0.302. The molecule has 5 nitrogen and oxygen atoms in total. The van der Waals surface area contributed by atoms with E-state index in [0.29, 0.717) is 5.56 Å². The van der Waals surface area contributed by atoms with Crippen LogP contribution < -0.4 is 5.14 Å². The average molecular weight is 331 g/mol. The van der Waals surface area contributed by atoms with Crippen LogP contribution in [0.25, 0.3) is 0 Å². The molecule has 0 bridgehead atoms. The summed E-state index contributed by atoms with van der Waals surface area (Å²) in [7, 11) is -3.95. The smallest absolute Gasteiger partial charge is 0.254 e. The number of amides is 1. The molecule has 1 aromatic rings. The summed E-state index contributed by atoms with van der Waals surface area (Å²) in [5.74, 6) is -0.173. The summed E-state index contributed by atoms with van der Waals surface area (Å²) in [4.78, 5) is 14.3. The number of nitrogens with two attached hydrogens (primary N) is 1. The third-order valence-corrected chi connectivity index (χ3v) is 5.37. The molecule has 1 aliphatic heterocycles. The molecule has 0 saturated carbocycles. The van der Waals surface area contributed by atoms with Crippen molar-refractivity contribution in [3.05, 3.63) is 28.8 Å². The first-order valence-corrected chi connectivity index (χ1v) is 8.83. The molecule has 0 aromatic heterocycles. The van der Waals surface area contributed by atoms with Gasteiger partial charge in [-0.2, -0.15) is 0 Å². The molecule has 21 heavy (non-hydrogen) atoms. The van der Waals surface area contributed by atoms with E-state index in [1.807, 2.05) is 18.7 Å². The van der Waals surface area contributed by atoms with Gasteiger partial charge in [-0.3, -0.25) is 4.79 Å². The Balaban J connectivity index is 2.40. The van der Waals surface area contributed by atoms with E-state index < -0.39 is 10.0 Å². The maximum Gasteiger partial charge on any atom is 0.254 e. The highest BCUT2D eigenvalue weighted by molar-refractivity contribution is 7.89. The van der Waals surface area contributed by atoms with Gasteiger partial charge in [0.1, 0.15) is 4.90 Å². The maximum absolute atomic E-state index is 12.7. The number of rotatable bonds is 3. The molecule has 2 rings (SSSR count). The molecular weight excluding hydrogens is 312 g/mol. The number of carbonyl (C=O) groups excluding carboxylic acids is 1. The second-order valence-electron chi connectivity index (χ2n) is 5.39. The lowest BCUT2D eigenvalue weighted by molar-refractivity contribution is 0.0676. The van der Waals surface area contributed by atoms with Crippen molar-refractivity contribution in [3.8, 4) is 0 Å². The van der Waals surface area contributed by atoms with Crippen molar-refractivity contribution in [1.82, 2.24) is 4.90 Å². The number of carbonyl (C=O) groups is 1. The molecule has 116 valence electrons. The maximum atomic E-state index is 12.7. The second-order valence-corrected chi connectivity index (χ2v) is 7.33. The molecule has 2 N–H and O–H groups in total. The van der Waals surface area contributed by atoms with Crippen LogP contribution in [-0.4, -0.2) is 31.3 Å². The van der Waals surface area contributed by atoms with Crippen LogP contribution in [0.15, 0.2) is 23.1 Å². The monoisotopic (exact) mass is 330 g/mol. The fourth-order valence-electron chi connectivity index (χ4n) is 2.84. The standard InChI is InChI=1S/C14H19ClN2O3S/c1-3-11-6-4-9(2)17(11)14(18)10-5-7-12(15)13(8-10)21(16,19)20/h5,7-9,11H,3-4,6H2,1-2H3,(H2,16,19,20). The van der Waals surface area contributed by atoms with Gasteiger partial charge in [0, 0.05) is 17.6 Å². The number of halogens is 1. The Kier molecular flexibility index (Phi) is 4.60. The Labute approximate surface area is 130 Å². The Morgan fingerprint density at radius 1 is 1.43 bits per heavy atom. The molecule has 0 spiro atoms. The number of benzene rings is 1. The zero-order valence-electron chi connectivity index (χ0n) is 12.0. The fraction of sp³-hybridized carbons (Fsp3) is 0.500. The van der Waals surface area contributed by atoms with Crippen molar-refractivity contribution >= 4 is 27.5 Å². The van der Waals surface area contributed by atoms with Crippen molar-refractivity contribution in [2.45, 2.75) is 50.1 Å². The first-order valence-electron chi connectivity index (χ1n) is 6.90. The normalized spacial score (nSPS) is 22.6. The number of hydrogen-bond acceptors (Lipinski definition) is 3. The third-order valence-electron chi connectivity index (χ3n) is 3.98. The van der Waals surface area contributed by atoms with Crippen molar-refractivity contribution < 1.29 is 13.2 Å². The Bertz CT molecular complexity index is 660. The number of sulfonamides is 1. The van der Waals surface area contributed by atoms with Crippen molar-refractivity contribution in [1.29, 1.82) is 0 Å². The van der Waals surface area contributed by atoms with Gasteiger partial charge in [0.25, 0.3) is 5.91 Å². The largest absolute Gasteiger partial charge is 0.333 e. The summed E-state index contributed by atoms with van der Waals surface area (Å²) >= 11 is 5.85. The first kappa shape index (κ1) is 16.3. The molecular formula is C14H19ClN2O3S. The Morgan fingerprint density at radius 3 is 2.67 bits per heavy atom. The molecule has 0 aliphatic carbocycles. The number of primary sulfonamides is 1. The molecule has 2 unspecified atom stereocenters. The highest BCUT2D eigenvalue weighted by atomic mass is 35.5. The fourth-order valence-corrected chi connectivity index (χ4v) is 3.91. The summed E-state index contributed by atoms with van der Waals surface area (Å²) in [6.07, 6.45) is 2.81. The van der Waals surface area contributed by atoms with Crippen LogP contribution in [-0.2, 0) is 10.0 Å². The van der Waals surface area contributed by atoms with Gasteiger partial charge in [-0.25, -0.2) is 13.6 Å². The van der Waals surface area contributed by atoms with Crippen LogP contribution >= 0.6 is 11.6 Å². The second kappa shape index (κ2) is 5.94. The van der Waals surface area contributed by atoms with E-state index in [0.717, 1.165) is 19.3 Å². The first-order chi connectivity index (χ1) is 9.75. The minimum Gasteiger partial charge on any atom is -0.333 e. The summed E-state index contributed by atoms with van der Waals surface area (Å²) in [6.45, 7) is 4.05. The van der Waals surface area contributed by atoms with Crippen LogP contribution in [0, 0.1) is 0 Å². The van der Waals surface area contributed by atoms with Crippen LogP contribution in [0.1, 0.15) is 43.5 Å². The Morgan fingerprint density at radius 2 is 2.10 bits per heavy atom. The molecule has 1 fully saturated rings. The highest BCUT2D eigenvalue weighted by Crippen LogP contribution is 2.29. The molecule has 1 saturated heterocycles. The SMILES string of the molecule is CCC1CCC(C)N1C(=O)c1ccc(Cl)c(S(N)(=O)=O)c1. The molecule has 1 heterocycles. The van der Waals surface area contributed by atoms with Gasteiger partial charge < -0.3 is 4.90 Å². The molecule has 7 heteroatoms. The molecule has 2 atom stereocenters. The van der Waals surface area contributed by atoms with Crippen LogP contribution in [0.4, 0.5) is 0 Å². The van der Waals surface area contributed by atoms with Gasteiger partial charge in [0.15, 0.2) is 0 Å². The molecule has 1 aromatic carbocycles. The van der Waals surface area contributed by atoms with E-state index in [-0.39, 0.29) is 27.9 Å². The number of nitrogens with zero attached hydrogens (tertiary/aromatic N) is 1. The number of likely N-dealkylation sites (tertiary alicyclic amines) is 1. The molecule has 0 radical (unpaired) electrons. The van der Waals surface area contributed by atoms with Gasteiger partial charge in [-0.15, -0.1) is 0 Å². The van der Waals surface area contributed by atoms with Crippen LogP contribution in [0.2, 0.25) is 5.02 Å². The zero-order chi connectivity index (χ0) is 15.8. The quantitative estimate of drug-likeness (QED) is 0.924. The van der Waals surface area contributed by atoms with E-state index in [4.69, 9.17) is 16.7 Å². The molecule has 1 amide bonds. The Hall–Kier alpha value is -1.11. The lowest BCUT2D eigenvalue weighted by Gasteiger charge is -2.28.